The molecule has 24 heavy (non-hydrogen) atoms. The van der Waals surface area contributed by atoms with E-state index in [1.54, 1.807) is 34.0 Å². The highest BCUT2D eigenvalue weighted by Crippen LogP contribution is 2.35. The molecule has 3 heterocycles. The summed E-state index contributed by atoms with van der Waals surface area (Å²) in [5, 5.41) is 4.13. The van der Waals surface area contributed by atoms with Gasteiger partial charge in [0.1, 0.15) is 13.2 Å². The van der Waals surface area contributed by atoms with E-state index in [9.17, 15) is 9.59 Å². The van der Waals surface area contributed by atoms with Crippen molar-refractivity contribution in [3.63, 3.8) is 0 Å². The van der Waals surface area contributed by atoms with Gasteiger partial charge in [0.05, 0.1) is 23.4 Å². The fraction of sp³-hybridized carbons (Fsp3) is 0.312. The number of amides is 2. The van der Waals surface area contributed by atoms with Crippen LogP contribution in [0.2, 0.25) is 0 Å². The minimum absolute atomic E-state index is 0.0405. The quantitative estimate of drug-likeness (QED) is 0.882. The number of rotatable bonds is 3. The Balaban J connectivity index is 1.47. The Morgan fingerprint density at radius 1 is 1.21 bits per heavy atom. The van der Waals surface area contributed by atoms with Crippen LogP contribution < -0.4 is 15.2 Å². The molecule has 0 aliphatic carbocycles. The fourth-order valence-corrected chi connectivity index (χ4v) is 2.87. The largest absolute Gasteiger partial charge is 0.486 e. The molecule has 1 saturated heterocycles. The topological polar surface area (TPSA) is 99.7 Å². The molecule has 0 saturated carbocycles. The number of benzene rings is 1. The van der Waals surface area contributed by atoms with Crippen LogP contribution in [0.25, 0.3) is 0 Å². The number of aromatic nitrogens is 2. The highest BCUT2D eigenvalue weighted by molar-refractivity contribution is 5.98. The maximum absolute atomic E-state index is 12.7. The van der Waals surface area contributed by atoms with Gasteiger partial charge in [-0.15, -0.1) is 0 Å². The van der Waals surface area contributed by atoms with E-state index >= 15 is 0 Å². The second kappa shape index (κ2) is 5.55. The molecule has 4 rings (SSSR count). The van der Waals surface area contributed by atoms with Gasteiger partial charge in [0.25, 0.3) is 11.8 Å². The number of carbonyl (C=O) groups excluding carboxylic acids is 2. The molecule has 8 nitrogen and oxygen atoms in total. The molecule has 2 aliphatic heterocycles. The highest BCUT2D eigenvalue weighted by atomic mass is 16.6. The van der Waals surface area contributed by atoms with Crippen LogP contribution in [0.15, 0.2) is 30.6 Å². The van der Waals surface area contributed by atoms with E-state index < -0.39 is 5.91 Å². The standard InChI is InChI=1S/C16H16N4O4/c17-15(21)10-6-18-20(7-10)11-8-19(9-11)16(22)12-2-1-3-13-14(12)24-5-4-23-13/h1-3,6-7,11H,4-5,8-9H2,(H2,17,21). The Morgan fingerprint density at radius 3 is 2.75 bits per heavy atom. The minimum Gasteiger partial charge on any atom is -0.486 e. The molecule has 1 aromatic carbocycles. The molecule has 2 N–H and O–H groups in total. The van der Waals surface area contributed by atoms with E-state index in [-0.39, 0.29) is 11.9 Å². The summed E-state index contributed by atoms with van der Waals surface area (Å²) >= 11 is 0. The molecule has 8 heteroatoms. The van der Waals surface area contributed by atoms with Crippen LogP contribution in [0.1, 0.15) is 26.8 Å². The summed E-state index contributed by atoms with van der Waals surface area (Å²) in [6, 6.07) is 5.35. The molecule has 1 fully saturated rings. The summed E-state index contributed by atoms with van der Waals surface area (Å²) in [6.45, 7) is 1.95. The summed E-state index contributed by atoms with van der Waals surface area (Å²) in [5.74, 6) is 0.493. The molecule has 2 aromatic rings. The molecule has 1 aromatic heterocycles. The van der Waals surface area contributed by atoms with Gasteiger partial charge in [0.15, 0.2) is 11.5 Å². The highest BCUT2D eigenvalue weighted by Gasteiger charge is 2.35. The predicted octanol–water partition coefficient (Wildman–Crippen LogP) is 0.450. The number of nitrogens with zero attached hydrogens (tertiary/aromatic N) is 3. The van der Waals surface area contributed by atoms with E-state index in [4.69, 9.17) is 15.2 Å². The van der Waals surface area contributed by atoms with E-state index in [1.807, 2.05) is 0 Å². The lowest BCUT2D eigenvalue weighted by Gasteiger charge is -2.39. The van der Waals surface area contributed by atoms with Crippen molar-refractivity contribution in [1.82, 2.24) is 14.7 Å². The summed E-state index contributed by atoms with van der Waals surface area (Å²) < 4.78 is 12.8. The van der Waals surface area contributed by atoms with Crippen LogP contribution in [-0.2, 0) is 0 Å². The summed E-state index contributed by atoms with van der Waals surface area (Å²) in [4.78, 5) is 25.5. The van der Waals surface area contributed by atoms with Crippen LogP contribution in [0.3, 0.4) is 0 Å². The van der Waals surface area contributed by atoms with Crippen molar-refractivity contribution in [3.05, 3.63) is 41.7 Å². The van der Waals surface area contributed by atoms with Crippen molar-refractivity contribution in [1.29, 1.82) is 0 Å². The van der Waals surface area contributed by atoms with E-state index in [0.29, 0.717) is 48.9 Å². The van der Waals surface area contributed by atoms with Crippen LogP contribution >= 0.6 is 0 Å². The zero-order valence-corrected chi connectivity index (χ0v) is 12.8. The number of primary amides is 1. The average Bonchev–Trinajstić information content (AvgIpc) is 3.02. The van der Waals surface area contributed by atoms with Crippen LogP contribution in [0.5, 0.6) is 11.5 Å². The lowest BCUT2D eigenvalue weighted by atomic mass is 10.1. The summed E-state index contributed by atoms with van der Waals surface area (Å²) in [7, 11) is 0. The molecule has 0 radical (unpaired) electrons. The molecular weight excluding hydrogens is 312 g/mol. The molecule has 124 valence electrons. The first-order chi connectivity index (χ1) is 11.6. The zero-order valence-electron chi connectivity index (χ0n) is 12.8. The van der Waals surface area contributed by atoms with Gasteiger partial charge in [-0.1, -0.05) is 6.07 Å². The first-order valence-corrected chi connectivity index (χ1v) is 7.65. The molecule has 2 aliphatic rings. The van der Waals surface area contributed by atoms with Crippen LogP contribution in [-0.4, -0.2) is 52.8 Å². The van der Waals surface area contributed by atoms with Gasteiger partial charge >= 0.3 is 0 Å². The van der Waals surface area contributed by atoms with Gasteiger partial charge in [-0.05, 0) is 12.1 Å². The first-order valence-electron chi connectivity index (χ1n) is 7.65. The monoisotopic (exact) mass is 328 g/mol. The SMILES string of the molecule is NC(=O)c1cnn(C2CN(C(=O)c3cccc4c3OCCO4)C2)c1. The number of likely N-dealkylation sites (tertiary alicyclic amines) is 1. The maximum Gasteiger partial charge on any atom is 0.257 e. The predicted molar refractivity (Wildman–Crippen MR) is 83.1 cm³/mol. The number of hydrogen-bond acceptors (Lipinski definition) is 5. The lowest BCUT2D eigenvalue weighted by Crippen LogP contribution is -2.51. The third-order valence-electron chi connectivity index (χ3n) is 4.21. The molecule has 0 unspecified atom stereocenters. The van der Waals surface area contributed by atoms with Crippen LogP contribution in [0, 0.1) is 0 Å². The molecular formula is C16H16N4O4. The molecule has 2 amide bonds. The second-order valence-corrected chi connectivity index (χ2v) is 5.77. The Kier molecular flexibility index (Phi) is 3.37. The van der Waals surface area contributed by atoms with Crippen molar-refractivity contribution >= 4 is 11.8 Å². The van der Waals surface area contributed by atoms with Crippen molar-refractivity contribution in [3.8, 4) is 11.5 Å². The number of hydrogen-bond donors (Lipinski definition) is 1. The lowest BCUT2D eigenvalue weighted by molar-refractivity contribution is 0.0492. The van der Waals surface area contributed by atoms with Gasteiger partial charge in [0, 0.05) is 19.3 Å². The van der Waals surface area contributed by atoms with Gasteiger partial charge in [-0.25, -0.2) is 0 Å². The van der Waals surface area contributed by atoms with Crippen molar-refractivity contribution in [2.24, 2.45) is 5.73 Å². The molecule has 0 atom stereocenters. The Hall–Kier alpha value is -3.03. The smallest absolute Gasteiger partial charge is 0.257 e. The second-order valence-electron chi connectivity index (χ2n) is 5.77. The summed E-state index contributed by atoms with van der Waals surface area (Å²) in [6.07, 6.45) is 3.04. The third-order valence-corrected chi connectivity index (χ3v) is 4.21. The van der Waals surface area contributed by atoms with Gasteiger partial charge in [-0.2, -0.15) is 5.10 Å². The van der Waals surface area contributed by atoms with E-state index in [1.165, 1.54) is 6.20 Å². The van der Waals surface area contributed by atoms with Crippen LogP contribution in [0.4, 0.5) is 0 Å². The Labute approximate surface area is 137 Å². The first kappa shape index (κ1) is 14.6. The maximum atomic E-state index is 12.7. The number of fused-ring (bicyclic) bond motifs is 1. The van der Waals surface area contributed by atoms with Crippen molar-refractivity contribution < 1.29 is 19.1 Å². The van der Waals surface area contributed by atoms with Crippen molar-refractivity contribution in [2.45, 2.75) is 6.04 Å². The average molecular weight is 328 g/mol. The van der Waals surface area contributed by atoms with E-state index in [0.717, 1.165) is 0 Å². The zero-order chi connectivity index (χ0) is 16.7. The minimum atomic E-state index is -0.512. The third kappa shape index (κ3) is 2.36. The van der Waals surface area contributed by atoms with Gasteiger partial charge < -0.3 is 20.1 Å². The number of nitrogens with two attached hydrogens (primary N) is 1. The van der Waals surface area contributed by atoms with E-state index in [2.05, 4.69) is 5.10 Å². The number of carbonyl (C=O) groups is 2. The number of ether oxygens (including phenoxy) is 2. The number of para-hydroxylation sites is 1. The van der Waals surface area contributed by atoms with Crippen molar-refractivity contribution in [2.75, 3.05) is 26.3 Å². The van der Waals surface area contributed by atoms with Gasteiger partial charge in [-0.3, -0.25) is 14.3 Å². The van der Waals surface area contributed by atoms with Gasteiger partial charge in [0.2, 0.25) is 0 Å². The summed E-state index contributed by atoms with van der Waals surface area (Å²) in [5.41, 5.74) is 6.09. The molecule has 0 spiro atoms. The Morgan fingerprint density at radius 2 is 2.00 bits per heavy atom. The fourth-order valence-electron chi connectivity index (χ4n) is 2.87. The Bertz CT molecular complexity index is 810. The molecule has 0 bridgehead atoms. The normalized spacial score (nSPS) is 16.6.